The molecule has 0 saturated heterocycles. The van der Waals surface area contributed by atoms with Crippen LogP contribution >= 0.6 is 0 Å². The van der Waals surface area contributed by atoms with Crippen molar-refractivity contribution in [2.24, 2.45) is 0 Å². The van der Waals surface area contributed by atoms with Crippen molar-refractivity contribution in [1.82, 2.24) is 0 Å². The second kappa shape index (κ2) is 9.18. The van der Waals surface area contributed by atoms with Crippen molar-refractivity contribution in [2.75, 3.05) is 0 Å². The Kier molecular flexibility index (Phi) is 6.96. The molecule has 0 aliphatic heterocycles. The number of hydrogen-bond donors (Lipinski definition) is 0. The van der Waals surface area contributed by atoms with E-state index in [0.29, 0.717) is 5.75 Å². The molecular weight excluding hydrogens is 328 g/mol. The quantitative estimate of drug-likeness (QED) is 0.410. The van der Waals surface area contributed by atoms with E-state index in [2.05, 4.69) is 32.0 Å². The molecule has 0 N–H and O–H groups in total. The van der Waals surface area contributed by atoms with E-state index < -0.39 is 11.9 Å². The minimum atomic E-state index is -0.445. The number of carbonyl (C=O) groups excluding carboxylic acids is 2. The Bertz CT molecular complexity index is 793. The van der Waals surface area contributed by atoms with Crippen LogP contribution in [-0.4, -0.2) is 11.9 Å². The highest BCUT2D eigenvalue weighted by Gasteiger charge is 2.11. The Balaban J connectivity index is 1.94. The predicted molar refractivity (Wildman–Crippen MR) is 102 cm³/mol. The van der Waals surface area contributed by atoms with Gasteiger partial charge in [0, 0.05) is 13.8 Å². The van der Waals surface area contributed by atoms with E-state index >= 15 is 0 Å². The van der Waals surface area contributed by atoms with Crippen molar-refractivity contribution in [2.45, 2.75) is 53.4 Å². The van der Waals surface area contributed by atoms with Gasteiger partial charge in [-0.25, -0.2) is 0 Å². The van der Waals surface area contributed by atoms with E-state index in [0.717, 1.165) is 31.2 Å². The smallest absolute Gasteiger partial charge is 0.308 e. The second-order valence-electron chi connectivity index (χ2n) is 6.59. The Hall–Kier alpha value is -2.62. The number of benzene rings is 2. The van der Waals surface area contributed by atoms with Gasteiger partial charge in [0.1, 0.15) is 0 Å². The molecule has 0 unspecified atom stereocenters. The molecule has 0 saturated carbocycles. The highest BCUT2D eigenvalue weighted by atomic mass is 16.6. The number of hydrogen-bond acceptors (Lipinski definition) is 4. The van der Waals surface area contributed by atoms with Gasteiger partial charge < -0.3 is 9.47 Å². The lowest BCUT2D eigenvalue weighted by molar-refractivity contribution is -0.134. The molecule has 0 aromatic heterocycles. The summed E-state index contributed by atoms with van der Waals surface area (Å²) in [7, 11) is 0. The lowest BCUT2D eigenvalue weighted by Crippen LogP contribution is -2.07. The zero-order valence-corrected chi connectivity index (χ0v) is 15.9. The van der Waals surface area contributed by atoms with Crippen LogP contribution in [0.2, 0.25) is 0 Å². The van der Waals surface area contributed by atoms with Gasteiger partial charge in [-0.15, -0.1) is 0 Å². The predicted octanol–water partition coefficient (Wildman–Crippen LogP) is 4.72. The lowest BCUT2D eigenvalue weighted by Gasteiger charge is -2.11. The van der Waals surface area contributed by atoms with E-state index in [-0.39, 0.29) is 5.75 Å². The number of esters is 2. The number of unbranched alkanes of at least 4 members (excludes halogenated alkanes) is 1. The monoisotopic (exact) mass is 354 g/mol. The molecule has 0 spiro atoms. The van der Waals surface area contributed by atoms with E-state index in [4.69, 9.17) is 9.47 Å². The van der Waals surface area contributed by atoms with E-state index in [1.54, 1.807) is 12.1 Å². The van der Waals surface area contributed by atoms with Gasteiger partial charge in [-0.1, -0.05) is 24.3 Å². The molecular formula is C22H26O4. The molecule has 2 aromatic rings. The first-order valence-corrected chi connectivity index (χ1v) is 8.91. The molecule has 0 heterocycles. The average Bonchev–Trinajstić information content (AvgIpc) is 2.56. The van der Waals surface area contributed by atoms with Gasteiger partial charge in [0.2, 0.25) is 0 Å². The molecule has 0 aliphatic rings. The molecule has 0 amide bonds. The lowest BCUT2D eigenvalue weighted by atomic mass is 10.0. The van der Waals surface area contributed by atoms with Crippen LogP contribution < -0.4 is 9.47 Å². The van der Waals surface area contributed by atoms with Gasteiger partial charge in [-0.05, 0) is 73.9 Å². The Labute approximate surface area is 155 Å². The summed E-state index contributed by atoms with van der Waals surface area (Å²) in [6.07, 6.45) is 4.03. The van der Waals surface area contributed by atoms with Crippen molar-refractivity contribution in [1.29, 1.82) is 0 Å². The number of aryl methyl sites for hydroxylation is 4. The maximum Gasteiger partial charge on any atom is 0.308 e. The molecule has 26 heavy (non-hydrogen) atoms. The normalized spacial score (nSPS) is 10.5. The van der Waals surface area contributed by atoms with Gasteiger partial charge in [0.25, 0.3) is 0 Å². The maximum absolute atomic E-state index is 11.3. The van der Waals surface area contributed by atoms with Crippen LogP contribution in [0.3, 0.4) is 0 Å². The standard InChI is InChI=1S/C22H26O4/c1-15-9-10-19(13-16(15)2)7-5-6-8-20-11-12-21(25-17(3)23)22(14-20)26-18(4)24/h9-14H,5-8H2,1-4H3. The first-order chi connectivity index (χ1) is 12.3. The van der Waals surface area contributed by atoms with Crippen LogP contribution in [0.15, 0.2) is 36.4 Å². The fourth-order valence-corrected chi connectivity index (χ4v) is 2.80. The van der Waals surface area contributed by atoms with Gasteiger partial charge in [-0.3, -0.25) is 9.59 Å². The number of rotatable bonds is 7. The minimum absolute atomic E-state index is 0.270. The van der Waals surface area contributed by atoms with Crippen molar-refractivity contribution in [3.05, 3.63) is 58.7 Å². The van der Waals surface area contributed by atoms with Crippen molar-refractivity contribution in [3.63, 3.8) is 0 Å². The van der Waals surface area contributed by atoms with E-state index in [1.807, 2.05) is 6.07 Å². The Morgan fingerprint density at radius 3 is 1.85 bits per heavy atom. The van der Waals surface area contributed by atoms with E-state index in [9.17, 15) is 9.59 Å². The summed E-state index contributed by atoms with van der Waals surface area (Å²) >= 11 is 0. The molecule has 0 aliphatic carbocycles. The summed E-state index contributed by atoms with van der Waals surface area (Å²) in [5.74, 6) is -0.323. The zero-order valence-electron chi connectivity index (χ0n) is 15.9. The average molecular weight is 354 g/mol. The molecule has 0 bridgehead atoms. The summed E-state index contributed by atoms with van der Waals surface area (Å²) in [4.78, 5) is 22.4. The van der Waals surface area contributed by atoms with Gasteiger partial charge in [-0.2, -0.15) is 0 Å². The van der Waals surface area contributed by atoms with Crippen LogP contribution in [0.1, 0.15) is 48.9 Å². The third-order valence-corrected chi connectivity index (χ3v) is 4.27. The Morgan fingerprint density at radius 1 is 0.731 bits per heavy atom. The van der Waals surface area contributed by atoms with E-state index in [1.165, 1.54) is 30.5 Å². The third-order valence-electron chi connectivity index (χ3n) is 4.27. The summed E-state index contributed by atoms with van der Waals surface area (Å²) in [5.41, 5.74) is 5.06. The maximum atomic E-state index is 11.3. The first kappa shape index (κ1) is 19.7. The van der Waals surface area contributed by atoms with Crippen LogP contribution in [-0.2, 0) is 22.4 Å². The summed E-state index contributed by atoms with van der Waals surface area (Å²) < 4.78 is 10.3. The van der Waals surface area contributed by atoms with Crippen molar-refractivity contribution in [3.8, 4) is 11.5 Å². The molecule has 2 aromatic carbocycles. The highest BCUT2D eigenvalue weighted by molar-refractivity contribution is 5.73. The number of ether oxygens (including phenoxy) is 2. The Morgan fingerprint density at radius 2 is 1.27 bits per heavy atom. The highest BCUT2D eigenvalue weighted by Crippen LogP contribution is 2.29. The van der Waals surface area contributed by atoms with Crippen molar-refractivity contribution < 1.29 is 19.1 Å². The summed E-state index contributed by atoms with van der Waals surface area (Å²) in [6, 6.07) is 12.0. The number of carbonyl (C=O) groups is 2. The molecule has 2 rings (SSSR count). The molecule has 0 atom stereocenters. The van der Waals surface area contributed by atoms with Crippen LogP contribution in [0.25, 0.3) is 0 Å². The SMILES string of the molecule is CC(=O)Oc1ccc(CCCCc2ccc(C)c(C)c2)cc1OC(C)=O. The van der Waals surface area contributed by atoms with Crippen LogP contribution in [0.5, 0.6) is 11.5 Å². The fourth-order valence-electron chi connectivity index (χ4n) is 2.80. The van der Waals surface area contributed by atoms with Crippen LogP contribution in [0.4, 0.5) is 0 Å². The largest absolute Gasteiger partial charge is 0.423 e. The molecule has 0 fully saturated rings. The van der Waals surface area contributed by atoms with Gasteiger partial charge in [0.15, 0.2) is 11.5 Å². The summed E-state index contributed by atoms with van der Waals surface area (Å²) in [6.45, 7) is 6.91. The minimum Gasteiger partial charge on any atom is -0.423 e. The third kappa shape index (κ3) is 6.03. The van der Waals surface area contributed by atoms with Gasteiger partial charge >= 0.3 is 11.9 Å². The topological polar surface area (TPSA) is 52.6 Å². The van der Waals surface area contributed by atoms with Crippen molar-refractivity contribution >= 4 is 11.9 Å². The molecule has 4 nitrogen and oxygen atoms in total. The molecule has 0 radical (unpaired) electrons. The first-order valence-electron chi connectivity index (χ1n) is 8.91. The molecule has 138 valence electrons. The fraction of sp³-hybridized carbons (Fsp3) is 0.364. The molecule has 4 heteroatoms. The van der Waals surface area contributed by atoms with Gasteiger partial charge in [0.05, 0.1) is 0 Å². The summed E-state index contributed by atoms with van der Waals surface area (Å²) in [5, 5.41) is 0. The van der Waals surface area contributed by atoms with Crippen LogP contribution in [0, 0.1) is 13.8 Å². The zero-order chi connectivity index (χ0) is 19.1. The second-order valence-corrected chi connectivity index (χ2v) is 6.59.